The number of nitrogens with zero attached hydrogens (tertiary/aromatic N) is 1. The molecular weight excluding hydrogens is 245 g/mol. The van der Waals surface area contributed by atoms with E-state index in [1.165, 1.54) is 13.2 Å². The highest BCUT2D eigenvalue weighted by atomic mass is 19.1. The number of rotatable bonds is 4. The van der Waals surface area contributed by atoms with Gasteiger partial charge >= 0.3 is 0 Å². The average molecular weight is 267 g/mol. The highest BCUT2D eigenvalue weighted by molar-refractivity contribution is 5.28. The second-order valence-corrected chi connectivity index (χ2v) is 5.29. The van der Waals surface area contributed by atoms with Gasteiger partial charge in [-0.3, -0.25) is 4.90 Å². The lowest BCUT2D eigenvalue weighted by Gasteiger charge is -2.35. The number of likely N-dealkylation sites (N-methyl/N-ethyl adjacent to an activating group) is 1. The fourth-order valence-corrected chi connectivity index (χ4v) is 2.78. The molecule has 1 saturated carbocycles. The zero-order valence-electron chi connectivity index (χ0n) is 11.6. The molecule has 1 N–H and O–H groups in total. The molecule has 4 heteroatoms. The van der Waals surface area contributed by atoms with E-state index in [4.69, 9.17) is 4.74 Å². The molecule has 0 bridgehead atoms. The summed E-state index contributed by atoms with van der Waals surface area (Å²) >= 11 is 0. The Balaban J connectivity index is 2.03. The maximum absolute atomic E-state index is 13.9. The van der Waals surface area contributed by atoms with Crippen LogP contribution in [0.1, 0.15) is 31.2 Å². The lowest BCUT2D eigenvalue weighted by Crippen LogP contribution is -2.43. The number of halogens is 1. The first-order valence-electron chi connectivity index (χ1n) is 6.82. The number of hydrogen-bond acceptors (Lipinski definition) is 3. The summed E-state index contributed by atoms with van der Waals surface area (Å²) in [7, 11) is 3.47. The first-order valence-corrected chi connectivity index (χ1v) is 6.82. The summed E-state index contributed by atoms with van der Waals surface area (Å²) in [6, 6.07) is 5.06. The van der Waals surface area contributed by atoms with Gasteiger partial charge in [0, 0.05) is 24.2 Å². The van der Waals surface area contributed by atoms with E-state index in [2.05, 4.69) is 4.90 Å². The van der Waals surface area contributed by atoms with E-state index in [0.717, 1.165) is 25.7 Å². The number of ether oxygens (including phenoxy) is 1. The van der Waals surface area contributed by atoms with E-state index in [9.17, 15) is 9.50 Å². The van der Waals surface area contributed by atoms with Gasteiger partial charge in [-0.25, -0.2) is 4.39 Å². The van der Waals surface area contributed by atoms with Crippen LogP contribution in [0.25, 0.3) is 0 Å². The fraction of sp³-hybridized carbons (Fsp3) is 0.600. The summed E-state index contributed by atoms with van der Waals surface area (Å²) in [6.07, 6.45) is 3.76. The summed E-state index contributed by atoms with van der Waals surface area (Å²) in [6.45, 7) is 0.511. The fourth-order valence-electron chi connectivity index (χ4n) is 2.78. The minimum Gasteiger partial charge on any atom is -0.497 e. The van der Waals surface area contributed by atoms with Crippen LogP contribution in [0.5, 0.6) is 5.75 Å². The molecule has 19 heavy (non-hydrogen) atoms. The normalized spacial score (nSPS) is 23.6. The van der Waals surface area contributed by atoms with Crippen LogP contribution in [-0.4, -0.2) is 36.3 Å². The Bertz CT molecular complexity index is 425. The average Bonchev–Trinajstić information content (AvgIpc) is 2.41. The molecule has 0 amide bonds. The largest absolute Gasteiger partial charge is 0.497 e. The Labute approximate surface area is 114 Å². The second kappa shape index (κ2) is 6.35. The summed E-state index contributed by atoms with van der Waals surface area (Å²) in [5, 5.41) is 10.0. The van der Waals surface area contributed by atoms with Crippen LogP contribution in [-0.2, 0) is 6.54 Å². The molecule has 2 rings (SSSR count). The third-order valence-electron chi connectivity index (χ3n) is 3.94. The maximum atomic E-state index is 13.9. The molecule has 1 aliphatic carbocycles. The lowest BCUT2D eigenvalue weighted by atomic mass is 9.91. The lowest BCUT2D eigenvalue weighted by molar-refractivity contribution is 0.0284. The molecule has 0 radical (unpaired) electrons. The zero-order chi connectivity index (χ0) is 13.8. The SMILES string of the molecule is COc1ccc(CN(C)C2CCCCC2O)c(F)c1. The van der Waals surface area contributed by atoms with Crippen molar-refractivity contribution < 1.29 is 14.2 Å². The molecule has 1 aromatic rings. The van der Waals surface area contributed by atoms with Crippen LogP contribution in [0.15, 0.2) is 18.2 Å². The topological polar surface area (TPSA) is 32.7 Å². The van der Waals surface area contributed by atoms with Crippen molar-refractivity contribution in [1.29, 1.82) is 0 Å². The standard InChI is InChI=1S/C15H22FNO2/c1-17(14-5-3-4-6-15(14)18)10-11-7-8-12(19-2)9-13(11)16/h7-9,14-15,18H,3-6,10H2,1-2H3. The van der Waals surface area contributed by atoms with E-state index in [0.29, 0.717) is 17.9 Å². The smallest absolute Gasteiger partial charge is 0.131 e. The molecule has 1 fully saturated rings. The highest BCUT2D eigenvalue weighted by Crippen LogP contribution is 2.25. The van der Waals surface area contributed by atoms with Gasteiger partial charge in [0.05, 0.1) is 13.2 Å². The third-order valence-corrected chi connectivity index (χ3v) is 3.94. The summed E-state index contributed by atoms with van der Waals surface area (Å²) in [4.78, 5) is 2.05. The van der Waals surface area contributed by atoms with Gasteiger partial charge in [-0.15, -0.1) is 0 Å². The molecule has 0 aromatic heterocycles. The predicted octanol–water partition coefficient (Wildman–Crippen LogP) is 2.57. The Hall–Kier alpha value is -1.13. The first-order chi connectivity index (χ1) is 9.11. The van der Waals surface area contributed by atoms with Crippen LogP contribution >= 0.6 is 0 Å². The Morgan fingerprint density at radius 1 is 1.37 bits per heavy atom. The van der Waals surface area contributed by atoms with E-state index < -0.39 is 0 Å². The van der Waals surface area contributed by atoms with Crippen LogP contribution in [0.3, 0.4) is 0 Å². The quantitative estimate of drug-likeness (QED) is 0.910. The Kier molecular flexibility index (Phi) is 4.77. The molecule has 0 saturated heterocycles. The van der Waals surface area contributed by atoms with Gasteiger partial charge in [0.1, 0.15) is 11.6 Å². The van der Waals surface area contributed by atoms with Gasteiger partial charge in [0.25, 0.3) is 0 Å². The molecule has 2 unspecified atom stereocenters. The maximum Gasteiger partial charge on any atom is 0.131 e. The van der Waals surface area contributed by atoms with Crippen molar-refractivity contribution in [3.63, 3.8) is 0 Å². The van der Waals surface area contributed by atoms with Crippen LogP contribution < -0.4 is 4.74 Å². The van der Waals surface area contributed by atoms with E-state index in [1.807, 2.05) is 7.05 Å². The van der Waals surface area contributed by atoms with Gasteiger partial charge in [-0.05, 0) is 26.0 Å². The molecule has 3 nitrogen and oxygen atoms in total. The van der Waals surface area contributed by atoms with Gasteiger partial charge in [0.2, 0.25) is 0 Å². The number of aliphatic hydroxyl groups is 1. The molecule has 1 aliphatic rings. The van der Waals surface area contributed by atoms with Crippen LogP contribution in [0.4, 0.5) is 4.39 Å². The number of hydrogen-bond donors (Lipinski definition) is 1. The summed E-state index contributed by atoms with van der Waals surface area (Å²) in [5.74, 6) is 0.276. The first kappa shape index (κ1) is 14.3. The minimum absolute atomic E-state index is 0.134. The van der Waals surface area contributed by atoms with Crippen molar-refractivity contribution in [1.82, 2.24) is 4.90 Å². The number of aliphatic hydroxyl groups excluding tert-OH is 1. The monoisotopic (exact) mass is 267 g/mol. The molecule has 106 valence electrons. The highest BCUT2D eigenvalue weighted by Gasteiger charge is 2.26. The zero-order valence-corrected chi connectivity index (χ0v) is 11.6. The van der Waals surface area contributed by atoms with Crippen molar-refractivity contribution >= 4 is 0 Å². The molecule has 2 atom stereocenters. The molecule has 0 heterocycles. The third kappa shape index (κ3) is 3.45. The van der Waals surface area contributed by atoms with Gasteiger partial charge in [-0.2, -0.15) is 0 Å². The van der Waals surface area contributed by atoms with Gasteiger partial charge < -0.3 is 9.84 Å². The van der Waals surface area contributed by atoms with Crippen molar-refractivity contribution in [2.75, 3.05) is 14.2 Å². The Morgan fingerprint density at radius 3 is 2.74 bits per heavy atom. The van der Waals surface area contributed by atoms with E-state index in [1.54, 1.807) is 12.1 Å². The van der Waals surface area contributed by atoms with Crippen LogP contribution in [0, 0.1) is 5.82 Å². The minimum atomic E-state index is -0.292. The number of benzene rings is 1. The summed E-state index contributed by atoms with van der Waals surface area (Å²) in [5.41, 5.74) is 0.640. The molecule has 0 spiro atoms. The molecule has 1 aromatic carbocycles. The Morgan fingerprint density at radius 2 is 2.11 bits per heavy atom. The van der Waals surface area contributed by atoms with Crippen molar-refractivity contribution in [2.45, 2.75) is 44.4 Å². The summed E-state index contributed by atoms with van der Waals surface area (Å²) < 4.78 is 18.9. The number of methoxy groups -OCH3 is 1. The molecule has 0 aliphatic heterocycles. The molecular formula is C15H22FNO2. The second-order valence-electron chi connectivity index (χ2n) is 5.29. The van der Waals surface area contributed by atoms with Crippen LogP contribution in [0.2, 0.25) is 0 Å². The predicted molar refractivity (Wildman–Crippen MR) is 72.7 cm³/mol. The van der Waals surface area contributed by atoms with Gasteiger partial charge in [0.15, 0.2) is 0 Å². The van der Waals surface area contributed by atoms with E-state index in [-0.39, 0.29) is 18.0 Å². The van der Waals surface area contributed by atoms with Crippen molar-refractivity contribution in [3.8, 4) is 5.75 Å². The van der Waals surface area contributed by atoms with Crippen molar-refractivity contribution in [3.05, 3.63) is 29.6 Å². The van der Waals surface area contributed by atoms with Gasteiger partial charge in [-0.1, -0.05) is 18.9 Å². The van der Waals surface area contributed by atoms with E-state index >= 15 is 0 Å². The van der Waals surface area contributed by atoms with Crippen molar-refractivity contribution in [2.24, 2.45) is 0 Å².